The van der Waals surface area contributed by atoms with Crippen molar-refractivity contribution in [3.8, 4) is 0 Å². The summed E-state index contributed by atoms with van der Waals surface area (Å²) < 4.78 is 0. The van der Waals surface area contributed by atoms with E-state index in [-0.39, 0.29) is 5.56 Å². The third-order valence-corrected chi connectivity index (χ3v) is 2.96. The van der Waals surface area contributed by atoms with Crippen molar-refractivity contribution in [1.82, 2.24) is 14.8 Å². The molecule has 0 saturated carbocycles. The first-order valence-electron chi connectivity index (χ1n) is 6.20. The molecule has 0 atom stereocenters. The van der Waals surface area contributed by atoms with Gasteiger partial charge in [0.25, 0.3) is 5.56 Å². The molecule has 0 spiro atoms. The second-order valence-corrected chi connectivity index (χ2v) is 4.85. The molecule has 0 unspecified atom stereocenters. The molecule has 100 valence electrons. The number of hydrogen-bond donors (Lipinski definition) is 1. The van der Waals surface area contributed by atoms with E-state index >= 15 is 0 Å². The molecule has 2 heterocycles. The van der Waals surface area contributed by atoms with Gasteiger partial charge in [-0.2, -0.15) is 0 Å². The molecule has 1 aromatic carbocycles. The van der Waals surface area contributed by atoms with Gasteiger partial charge in [0.05, 0.1) is 6.17 Å². The molecule has 2 aromatic heterocycles. The molecule has 0 radical (unpaired) electrons. The molecule has 4 heteroatoms. The van der Waals surface area contributed by atoms with E-state index in [1.807, 2.05) is 24.3 Å². The van der Waals surface area contributed by atoms with Gasteiger partial charge in [-0.1, -0.05) is 6.92 Å². The summed E-state index contributed by atoms with van der Waals surface area (Å²) in [5.41, 5.74) is 0.894. The zero-order chi connectivity index (χ0) is 13.7. The summed E-state index contributed by atoms with van der Waals surface area (Å²) in [6.45, 7) is 2.20. The van der Waals surface area contributed by atoms with Gasteiger partial charge in [-0.3, -0.25) is 14.6 Å². The quantitative estimate of drug-likeness (QED) is 0.843. The second kappa shape index (κ2) is 6.52. The van der Waals surface area contributed by atoms with Crippen LogP contribution in [0.2, 0.25) is 0 Å². The number of aromatic nitrogens is 1. The molecule has 0 aliphatic rings. The largest absolute Gasteiger partial charge is 0.322 e. The minimum Gasteiger partial charge on any atom is -0.322 e. The first-order chi connectivity index (χ1) is 8.45. The Morgan fingerprint density at radius 1 is 1.06 bits per heavy atom. The summed E-state index contributed by atoms with van der Waals surface area (Å²) in [4.78, 5) is 17.9. The SMILES string of the molecule is CCC(N(C)C)N(C)C.O=c1[nH]c2ccc1cc2. The fourth-order valence-corrected chi connectivity index (χ4v) is 2.10. The van der Waals surface area contributed by atoms with Gasteiger partial charge >= 0.3 is 0 Å². The molecule has 4 nitrogen and oxygen atoms in total. The maximum absolute atomic E-state index is 10.8. The predicted molar refractivity (Wildman–Crippen MR) is 77.2 cm³/mol. The van der Waals surface area contributed by atoms with Gasteiger partial charge in [0, 0.05) is 10.9 Å². The number of pyridine rings is 2. The summed E-state index contributed by atoms with van der Waals surface area (Å²) in [6, 6.07) is 7.40. The second-order valence-electron chi connectivity index (χ2n) is 4.85. The molecule has 2 bridgehead atoms. The monoisotopic (exact) mass is 249 g/mol. The van der Waals surface area contributed by atoms with Crippen LogP contribution in [0.5, 0.6) is 0 Å². The Balaban J connectivity index is 0.000000180. The number of nitrogens with one attached hydrogen (secondary N) is 1. The lowest BCUT2D eigenvalue weighted by atomic mass is 10.2. The average molecular weight is 249 g/mol. The van der Waals surface area contributed by atoms with Crippen LogP contribution in [0.1, 0.15) is 13.3 Å². The van der Waals surface area contributed by atoms with Crippen molar-refractivity contribution in [3.63, 3.8) is 0 Å². The van der Waals surface area contributed by atoms with Gasteiger partial charge < -0.3 is 4.98 Å². The molecule has 0 aliphatic heterocycles. The van der Waals surface area contributed by atoms with E-state index in [4.69, 9.17) is 0 Å². The molecule has 3 rings (SSSR count). The van der Waals surface area contributed by atoms with Gasteiger partial charge in [0.1, 0.15) is 0 Å². The van der Waals surface area contributed by atoms with Crippen LogP contribution in [0, 0.1) is 0 Å². The normalized spacial score (nSPS) is 11.3. The molecular formula is C14H23N3O. The summed E-state index contributed by atoms with van der Waals surface area (Å²) in [5.74, 6) is 0. The van der Waals surface area contributed by atoms with E-state index in [1.165, 1.54) is 6.42 Å². The molecule has 0 aliphatic carbocycles. The van der Waals surface area contributed by atoms with Crippen LogP contribution in [0.15, 0.2) is 29.1 Å². The van der Waals surface area contributed by atoms with Gasteiger partial charge in [-0.15, -0.1) is 0 Å². The molecule has 0 saturated heterocycles. The van der Waals surface area contributed by atoms with Crippen molar-refractivity contribution in [1.29, 1.82) is 0 Å². The average Bonchev–Trinajstić information content (AvgIpc) is 2.30. The first kappa shape index (κ1) is 14.7. The fraction of sp³-hybridized carbons (Fsp3) is 0.500. The van der Waals surface area contributed by atoms with Crippen LogP contribution in [0.25, 0.3) is 10.9 Å². The number of aromatic amines is 1. The van der Waals surface area contributed by atoms with Crippen molar-refractivity contribution < 1.29 is 0 Å². The van der Waals surface area contributed by atoms with Gasteiger partial charge in [0.15, 0.2) is 0 Å². The van der Waals surface area contributed by atoms with E-state index in [0.717, 1.165) is 10.9 Å². The number of fused-ring (bicyclic) bond motifs is 3. The summed E-state index contributed by atoms with van der Waals surface area (Å²) in [5, 5.41) is 0.741. The fourth-order valence-electron chi connectivity index (χ4n) is 2.10. The third-order valence-electron chi connectivity index (χ3n) is 2.96. The Bertz CT molecular complexity index is 476. The van der Waals surface area contributed by atoms with E-state index in [0.29, 0.717) is 6.17 Å². The molecule has 0 fully saturated rings. The van der Waals surface area contributed by atoms with Crippen molar-refractivity contribution >= 4 is 10.9 Å². The lowest BCUT2D eigenvalue weighted by Crippen LogP contribution is -2.39. The molecule has 1 N–H and O–H groups in total. The molecule has 18 heavy (non-hydrogen) atoms. The van der Waals surface area contributed by atoms with Crippen LogP contribution in [-0.4, -0.2) is 49.1 Å². The number of hydrogen-bond acceptors (Lipinski definition) is 3. The van der Waals surface area contributed by atoms with E-state index in [9.17, 15) is 4.79 Å². The maximum atomic E-state index is 10.8. The van der Waals surface area contributed by atoms with E-state index < -0.39 is 0 Å². The first-order valence-corrected chi connectivity index (χ1v) is 6.20. The van der Waals surface area contributed by atoms with Crippen LogP contribution < -0.4 is 5.56 Å². The smallest absolute Gasteiger partial charge is 0.255 e. The predicted octanol–water partition coefficient (Wildman–Crippen LogP) is 1.81. The van der Waals surface area contributed by atoms with Crippen molar-refractivity contribution in [3.05, 3.63) is 34.6 Å². The number of H-pyrrole nitrogens is 1. The standard InChI is InChI=1S/C7H18N2.C7H5NO/c1-6-7(8(2)3)9(4)5;9-7-5-1-3-6(8-7)4-2-5/h7H,6H2,1-5H3;1-4H,(H,8,9). The minimum absolute atomic E-state index is 0.00926. The topological polar surface area (TPSA) is 39.3 Å². The third kappa shape index (κ3) is 3.82. The van der Waals surface area contributed by atoms with Gasteiger partial charge in [-0.05, 0) is 58.9 Å². The zero-order valence-electron chi connectivity index (χ0n) is 11.9. The van der Waals surface area contributed by atoms with Crippen molar-refractivity contribution in [2.75, 3.05) is 28.2 Å². The number of rotatable bonds is 3. The highest BCUT2D eigenvalue weighted by atomic mass is 16.1. The Kier molecular flexibility index (Phi) is 5.31. The van der Waals surface area contributed by atoms with Crippen LogP contribution >= 0.6 is 0 Å². The highest BCUT2D eigenvalue weighted by Gasteiger charge is 2.08. The summed E-state index contributed by atoms with van der Waals surface area (Å²) in [6.07, 6.45) is 1.77. The Morgan fingerprint density at radius 2 is 1.56 bits per heavy atom. The summed E-state index contributed by atoms with van der Waals surface area (Å²) >= 11 is 0. The van der Waals surface area contributed by atoms with Gasteiger partial charge in [0.2, 0.25) is 0 Å². The summed E-state index contributed by atoms with van der Waals surface area (Å²) in [7, 11) is 8.42. The van der Waals surface area contributed by atoms with Crippen molar-refractivity contribution in [2.45, 2.75) is 19.5 Å². The van der Waals surface area contributed by atoms with E-state index in [1.54, 1.807) is 0 Å². The van der Waals surface area contributed by atoms with Crippen LogP contribution in [0.4, 0.5) is 0 Å². The van der Waals surface area contributed by atoms with Crippen molar-refractivity contribution in [2.24, 2.45) is 0 Å². The lowest BCUT2D eigenvalue weighted by Gasteiger charge is -2.29. The highest BCUT2D eigenvalue weighted by molar-refractivity contribution is 5.62. The van der Waals surface area contributed by atoms with Gasteiger partial charge in [-0.25, -0.2) is 0 Å². The lowest BCUT2D eigenvalue weighted by molar-refractivity contribution is 0.125. The van der Waals surface area contributed by atoms with Crippen LogP contribution in [0.3, 0.4) is 0 Å². The number of nitrogens with zero attached hydrogens (tertiary/aromatic N) is 2. The minimum atomic E-state index is 0.00926. The van der Waals surface area contributed by atoms with E-state index in [2.05, 4.69) is 49.9 Å². The Hall–Kier alpha value is -1.39. The Labute approximate surface area is 109 Å². The Morgan fingerprint density at radius 3 is 1.67 bits per heavy atom. The maximum Gasteiger partial charge on any atom is 0.255 e. The molecular weight excluding hydrogens is 226 g/mol. The zero-order valence-corrected chi connectivity index (χ0v) is 11.9. The molecule has 3 aromatic rings. The highest BCUT2D eigenvalue weighted by Crippen LogP contribution is 2.01. The number of benzene rings is 1. The van der Waals surface area contributed by atoms with Crippen LogP contribution in [-0.2, 0) is 0 Å². The molecule has 0 amide bonds.